The average Bonchev–Trinajstić information content (AvgIpc) is 2.39. The topological polar surface area (TPSA) is 76.3 Å². The number of pyridine rings is 1. The van der Waals surface area contributed by atoms with Crippen molar-refractivity contribution in [2.24, 2.45) is 5.92 Å². The molecule has 0 bridgehead atoms. The van der Waals surface area contributed by atoms with E-state index in [9.17, 15) is 8.42 Å². The van der Waals surface area contributed by atoms with Crippen LogP contribution >= 0.6 is 0 Å². The summed E-state index contributed by atoms with van der Waals surface area (Å²) in [5, 5.41) is -0.0123. The van der Waals surface area contributed by atoms with Gasteiger partial charge in [0.25, 0.3) is 10.0 Å². The molecule has 100 valence electrons. The fourth-order valence-electron chi connectivity index (χ4n) is 2.32. The Hall–Kier alpha value is -1.14. The standard InChI is InChI=1S/C12H19N3O2S/c1-2-10-5-4-8-15(9-10)18(16,17)12-11(13)6-3-7-14-12/h3,6-7,10H,2,4-5,8-9,13H2,1H3. The fraction of sp³-hybridized carbons (Fsp3) is 0.583. The first-order chi connectivity index (χ1) is 8.55. The number of hydrogen-bond donors (Lipinski definition) is 1. The van der Waals surface area contributed by atoms with Gasteiger partial charge in [0.05, 0.1) is 5.69 Å². The highest BCUT2D eigenvalue weighted by molar-refractivity contribution is 7.89. The van der Waals surface area contributed by atoms with E-state index in [1.54, 1.807) is 12.1 Å². The van der Waals surface area contributed by atoms with Crippen LogP contribution in [-0.2, 0) is 10.0 Å². The molecule has 1 aliphatic rings. The first kappa shape index (κ1) is 13.3. The van der Waals surface area contributed by atoms with E-state index in [-0.39, 0.29) is 10.7 Å². The second-order valence-corrected chi connectivity index (χ2v) is 6.53. The zero-order chi connectivity index (χ0) is 13.2. The Morgan fingerprint density at radius 3 is 3.00 bits per heavy atom. The second-order valence-electron chi connectivity index (χ2n) is 4.68. The monoisotopic (exact) mass is 269 g/mol. The van der Waals surface area contributed by atoms with Crippen molar-refractivity contribution in [2.75, 3.05) is 18.8 Å². The SMILES string of the molecule is CCC1CCCN(S(=O)(=O)c2ncccc2N)C1. The van der Waals surface area contributed by atoms with Crippen LogP contribution in [0.25, 0.3) is 0 Å². The first-order valence-electron chi connectivity index (χ1n) is 6.26. The molecule has 1 aliphatic heterocycles. The van der Waals surface area contributed by atoms with Crippen LogP contribution < -0.4 is 5.73 Å². The van der Waals surface area contributed by atoms with Crippen LogP contribution in [-0.4, -0.2) is 30.8 Å². The molecule has 1 fully saturated rings. The molecule has 0 saturated carbocycles. The normalized spacial score (nSPS) is 21.9. The second kappa shape index (κ2) is 5.24. The molecule has 2 rings (SSSR count). The summed E-state index contributed by atoms with van der Waals surface area (Å²) in [6, 6.07) is 3.21. The van der Waals surface area contributed by atoms with Crippen molar-refractivity contribution in [1.82, 2.24) is 9.29 Å². The predicted octanol–water partition coefficient (Wildman–Crippen LogP) is 1.47. The molecule has 0 radical (unpaired) electrons. The number of piperidine rings is 1. The van der Waals surface area contributed by atoms with Crippen LogP contribution in [0.15, 0.2) is 23.4 Å². The summed E-state index contributed by atoms with van der Waals surface area (Å²) < 4.78 is 26.4. The number of aromatic nitrogens is 1. The van der Waals surface area contributed by atoms with Crippen molar-refractivity contribution in [3.8, 4) is 0 Å². The average molecular weight is 269 g/mol. The van der Waals surface area contributed by atoms with E-state index in [0.717, 1.165) is 19.3 Å². The van der Waals surface area contributed by atoms with Crippen LogP contribution in [0.4, 0.5) is 5.69 Å². The summed E-state index contributed by atoms with van der Waals surface area (Å²) in [5.41, 5.74) is 5.93. The molecular weight excluding hydrogens is 250 g/mol. The van der Waals surface area contributed by atoms with Crippen molar-refractivity contribution in [3.63, 3.8) is 0 Å². The van der Waals surface area contributed by atoms with Gasteiger partial charge in [-0.1, -0.05) is 13.3 Å². The van der Waals surface area contributed by atoms with E-state index in [4.69, 9.17) is 5.73 Å². The third kappa shape index (κ3) is 2.49. The Bertz CT molecular complexity index is 516. The summed E-state index contributed by atoms with van der Waals surface area (Å²) in [4.78, 5) is 3.92. The van der Waals surface area contributed by atoms with E-state index < -0.39 is 10.0 Å². The number of nitrogens with zero attached hydrogens (tertiary/aromatic N) is 2. The van der Waals surface area contributed by atoms with E-state index >= 15 is 0 Å². The van der Waals surface area contributed by atoms with E-state index in [1.807, 2.05) is 0 Å². The van der Waals surface area contributed by atoms with Gasteiger partial charge in [-0.05, 0) is 30.9 Å². The highest BCUT2D eigenvalue weighted by Crippen LogP contribution is 2.26. The van der Waals surface area contributed by atoms with Crippen LogP contribution in [0.3, 0.4) is 0 Å². The van der Waals surface area contributed by atoms with E-state index in [0.29, 0.717) is 19.0 Å². The molecule has 1 aromatic rings. The lowest BCUT2D eigenvalue weighted by molar-refractivity contribution is 0.261. The molecule has 18 heavy (non-hydrogen) atoms. The maximum Gasteiger partial charge on any atom is 0.262 e. The molecular formula is C12H19N3O2S. The molecule has 6 heteroatoms. The third-order valence-electron chi connectivity index (χ3n) is 3.44. The van der Waals surface area contributed by atoms with Crippen molar-refractivity contribution < 1.29 is 8.42 Å². The van der Waals surface area contributed by atoms with Crippen molar-refractivity contribution in [3.05, 3.63) is 18.3 Å². The minimum atomic E-state index is -3.54. The van der Waals surface area contributed by atoms with Gasteiger partial charge in [0, 0.05) is 19.3 Å². The molecule has 1 atom stereocenters. The van der Waals surface area contributed by atoms with Crippen LogP contribution in [0, 0.1) is 5.92 Å². The van der Waals surface area contributed by atoms with Crippen molar-refractivity contribution in [2.45, 2.75) is 31.2 Å². The lowest BCUT2D eigenvalue weighted by Gasteiger charge is -2.31. The molecule has 2 N–H and O–H groups in total. The van der Waals surface area contributed by atoms with Crippen molar-refractivity contribution >= 4 is 15.7 Å². The zero-order valence-electron chi connectivity index (χ0n) is 10.5. The van der Waals surface area contributed by atoms with Gasteiger partial charge >= 0.3 is 0 Å². The van der Waals surface area contributed by atoms with Gasteiger partial charge in [-0.3, -0.25) is 0 Å². The Morgan fingerprint density at radius 2 is 2.33 bits per heavy atom. The maximum absolute atomic E-state index is 12.5. The molecule has 1 unspecified atom stereocenters. The highest BCUT2D eigenvalue weighted by Gasteiger charge is 2.31. The van der Waals surface area contributed by atoms with E-state index in [1.165, 1.54) is 10.5 Å². The zero-order valence-corrected chi connectivity index (χ0v) is 11.4. The Morgan fingerprint density at radius 1 is 1.56 bits per heavy atom. The summed E-state index contributed by atoms with van der Waals surface area (Å²) in [6.07, 6.45) is 4.47. The van der Waals surface area contributed by atoms with Gasteiger partial charge in [-0.2, -0.15) is 4.31 Å². The summed E-state index contributed by atoms with van der Waals surface area (Å²) >= 11 is 0. The van der Waals surface area contributed by atoms with Gasteiger partial charge in [0.15, 0.2) is 5.03 Å². The van der Waals surface area contributed by atoms with Crippen molar-refractivity contribution in [1.29, 1.82) is 0 Å². The number of nitrogens with two attached hydrogens (primary N) is 1. The summed E-state index contributed by atoms with van der Waals surface area (Å²) in [5.74, 6) is 0.443. The Labute approximate surface area is 108 Å². The molecule has 2 heterocycles. The number of sulfonamides is 1. The molecule has 1 saturated heterocycles. The van der Waals surface area contributed by atoms with Crippen LogP contribution in [0.1, 0.15) is 26.2 Å². The number of hydrogen-bond acceptors (Lipinski definition) is 4. The molecule has 0 aliphatic carbocycles. The molecule has 5 nitrogen and oxygen atoms in total. The Kier molecular flexibility index (Phi) is 3.87. The number of nitrogen functional groups attached to an aromatic ring is 1. The molecule has 0 spiro atoms. The highest BCUT2D eigenvalue weighted by atomic mass is 32.2. The molecule has 0 amide bonds. The van der Waals surface area contributed by atoms with Gasteiger partial charge in [-0.25, -0.2) is 13.4 Å². The van der Waals surface area contributed by atoms with Gasteiger partial charge in [0.2, 0.25) is 0 Å². The van der Waals surface area contributed by atoms with Gasteiger partial charge < -0.3 is 5.73 Å². The quantitative estimate of drug-likeness (QED) is 0.901. The van der Waals surface area contributed by atoms with Crippen LogP contribution in [0.2, 0.25) is 0 Å². The minimum Gasteiger partial charge on any atom is -0.396 e. The number of anilines is 1. The molecule has 0 aromatic carbocycles. The van der Waals surface area contributed by atoms with Gasteiger partial charge in [-0.15, -0.1) is 0 Å². The van der Waals surface area contributed by atoms with Gasteiger partial charge in [0.1, 0.15) is 0 Å². The summed E-state index contributed by atoms with van der Waals surface area (Å²) in [6.45, 7) is 3.24. The lowest BCUT2D eigenvalue weighted by atomic mass is 9.97. The fourth-order valence-corrected chi connectivity index (χ4v) is 3.90. The number of rotatable bonds is 3. The molecule has 1 aromatic heterocycles. The smallest absolute Gasteiger partial charge is 0.262 e. The maximum atomic E-state index is 12.5. The minimum absolute atomic E-state index is 0.0123. The first-order valence-corrected chi connectivity index (χ1v) is 7.70. The summed E-state index contributed by atoms with van der Waals surface area (Å²) in [7, 11) is -3.54. The predicted molar refractivity (Wildman–Crippen MR) is 70.4 cm³/mol. The largest absolute Gasteiger partial charge is 0.396 e. The van der Waals surface area contributed by atoms with Crippen LogP contribution in [0.5, 0.6) is 0 Å². The van der Waals surface area contributed by atoms with E-state index in [2.05, 4.69) is 11.9 Å². The Balaban J connectivity index is 2.29. The third-order valence-corrected chi connectivity index (χ3v) is 5.29. The lowest BCUT2D eigenvalue weighted by Crippen LogP contribution is -2.40.